The van der Waals surface area contributed by atoms with Gasteiger partial charge in [-0.2, -0.15) is 0 Å². The minimum atomic E-state index is -0.849. The number of ether oxygens (including phenoxy) is 1. The van der Waals surface area contributed by atoms with Crippen LogP contribution in [0.5, 0.6) is 0 Å². The van der Waals surface area contributed by atoms with Gasteiger partial charge in [0, 0.05) is 31.9 Å². The summed E-state index contributed by atoms with van der Waals surface area (Å²) < 4.78 is 18.9. The maximum Gasteiger partial charge on any atom is 0.410 e. The zero-order valence-corrected chi connectivity index (χ0v) is 21.7. The molecule has 1 unspecified atom stereocenters. The summed E-state index contributed by atoms with van der Waals surface area (Å²) in [6, 6.07) is 17.7. The second kappa shape index (κ2) is 12.5. The first-order valence-corrected chi connectivity index (χ1v) is 12.2. The third-order valence-corrected chi connectivity index (χ3v) is 5.63. The zero-order valence-electron chi connectivity index (χ0n) is 21.7. The average molecular weight is 508 g/mol. The second-order valence-electron chi connectivity index (χ2n) is 9.97. The topological polar surface area (TPSA) is 83.0 Å². The molecule has 0 radical (unpaired) electrons. The van der Waals surface area contributed by atoms with Crippen LogP contribution in [0, 0.1) is 5.82 Å². The predicted octanol–water partition coefficient (Wildman–Crippen LogP) is 5.01. The highest BCUT2D eigenvalue weighted by Crippen LogP contribution is 2.18. The van der Waals surface area contributed by atoms with Crippen LogP contribution in [0.25, 0.3) is 0 Å². The molecule has 196 valence electrons. The van der Waals surface area contributed by atoms with E-state index in [4.69, 9.17) is 4.74 Å². The average Bonchev–Trinajstić information content (AvgIpc) is 2.85. The number of nitrogens with zero attached hydrogens (tertiary/aromatic N) is 3. The predicted molar refractivity (Wildman–Crippen MR) is 139 cm³/mol. The van der Waals surface area contributed by atoms with Crippen molar-refractivity contribution >= 4 is 12.0 Å². The number of hydrogen-bond donors (Lipinski definition) is 1. The third-order valence-electron chi connectivity index (χ3n) is 5.63. The number of hydrogen-bond acceptors (Lipinski definition) is 5. The van der Waals surface area contributed by atoms with E-state index in [1.165, 1.54) is 22.1 Å². The number of halogens is 1. The number of amides is 2. The molecule has 8 heteroatoms. The van der Waals surface area contributed by atoms with Crippen molar-refractivity contribution in [2.24, 2.45) is 0 Å². The molecule has 0 saturated carbocycles. The van der Waals surface area contributed by atoms with Crippen LogP contribution < -0.4 is 0 Å². The molecule has 0 saturated heterocycles. The summed E-state index contributed by atoms with van der Waals surface area (Å²) in [5.41, 5.74) is 2.09. The van der Waals surface area contributed by atoms with Gasteiger partial charge in [-0.3, -0.25) is 9.78 Å². The SMILES string of the molecule is CN(Cc1cncc(F)c1)C(=O)c1ccc(CCN(CC(O)c2ccccc2)C(=O)OC(C)(C)C)cc1. The van der Waals surface area contributed by atoms with E-state index in [9.17, 15) is 19.1 Å². The number of rotatable bonds is 9. The molecule has 3 rings (SSSR count). The lowest BCUT2D eigenvalue weighted by Crippen LogP contribution is -2.40. The van der Waals surface area contributed by atoms with Crippen molar-refractivity contribution in [2.45, 2.75) is 45.4 Å². The summed E-state index contributed by atoms with van der Waals surface area (Å²) in [5, 5.41) is 10.7. The van der Waals surface area contributed by atoms with Gasteiger partial charge in [-0.15, -0.1) is 0 Å². The molecule has 0 spiro atoms. The number of aromatic nitrogens is 1. The van der Waals surface area contributed by atoms with Crippen molar-refractivity contribution in [1.82, 2.24) is 14.8 Å². The molecule has 1 heterocycles. The molecule has 2 aromatic carbocycles. The Morgan fingerprint density at radius 3 is 2.32 bits per heavy atom. The van der Waals surface area contributed by atoms with E-state index in [1.54, 1.807) is 40.0 Å². The molecule has 0 aliphatic rings. The Morgan fingerprint density at radius 2 is 1.70 bits per heavy atom. The molecule has 1 N–H and O–H groups in total. The van der Waals surface area contributed by atoms with Gasteiger partial charge in [-0.1, -0.05) is 42.5 Å². The Kier molecular flexibility index (Phi) is 9.36. The van der Waals surface area contributed by atoms with Crippen molar-refractivity contribution in [3.05, 3.63) is 101 Å². The van der Waals surface area contributed by atoms with E-state index >= 15 is 0 Å². The molecule has 1 aromatic heterocycles. The van der Waals surface area contributed by atoms with Crippen LogP contribution in [-0.4, -0.2) is 57.6 Å². The lowest BCUT2D eigenvalue weighted by Gasteiger charge is -2.29. The van der Waals surface area contributed by atoms with Gasteiger partial charge >= 0.3 is 6.09 Å². The Hall–Kier alpha value is -3.78. The molecular weight excluding hydrogens is 473 g/mol. The first-order valence-electron chi connectivity index (χ1n) is 12.2. The number of carbonyl (C=O) groups is 2. The lowest BCUT2D eigenvalue weighted by atomic mass is 10.1. The fourth-order valence-electron chi connectivity index (χ4n) is 3.76. The first-order chi connectivity index (χ1) is 17.5. The highest BCUT2D eigenvalue weighted by Gasteiger charge is 2.24. The quantitative estimate of drug-likeness (QED) is 0.440. The third kappa shape index (κ3) is 8.68. The van der Waals surface area contributed by atoms with Gasteiger partial charge in [0.2, 0.25) is 0 Å². The van der Waals surface area contributed by atoms with Gasteiger partial charge < -0.3 is 19.6 Å². The number of pyridine rings is 1. The van der Waals surface area contributed by atoms with Crippen molar-refractivity contribution < 1.29 is 23.8 Å². The van der Waals surface area contributed by atoms with Crippen LogP contribution in [0.4, 0.5) is 9.18 Å². The van der Waals surface area contributed by atoms with Crippen LogP contribution in [-0.2, 0) is 17.7 Å². The van der Waals surface area contributed by atoms with Crippen molar-refractivity contribution in [1.29, 1.82) is 0 Å². The normalized spacial score (nSPS) is 12.1. The molecule has 7 nitrogen and oxygen atoms in total. The van der Waals surface area contributed by atoms with Gasteiger partial charge in [0.25, 0.3) is 5.91 Å². The molecule has 0 aliphatic heterocycles. The number of benzene rings is 2. The molecule has 0 fully saturated rings. The lowest BCUT2D eigenvalue weighted by molar-refractivity contribution is 0.0147. The van der Waals surface area contributed by atoms with Crippen LogP contribution in [0.2, 0.25) is 0 Å². The van der Waals surface area contributed by atoms with Crippen molar-refractivity contribution in [3.63, 3.8) is 0 Å². The highest BCUT2D eigenvalue weighted by molar-refractivity contribution is 5.94. The monoisotopic (exact) mass is 507 g/mol. The Labute approximate surface area is 217 Å². The highest BCUT2D eigenvalue weighted by atomic mass is 19.1. The summed E-state index contributed by atoms with van der Waals surface area (Å²) in [5.74, 6) is -0.642. The summed E-state index contributed by atoms with van der Waals surface area (Å²) in [4.78, 5) is 32.5. The van der Waals surface area contributed by atoms with E-state index in [0.717, 1.165) is 17.3 Å². The first kappa shape index (κ1) is 27.8. The van der Waals surface area contributed by atoms with Crippen molar-refractivity contribution in [2.75, 3.05) is 20.1 Å². The molecule has 1 atom stereocenters. The molecule has 0 bridgehead atoms. The van der Waals surface area contributed by atoms with Gasteiger partial charge in [0.1, 0.15) is 11.4 Å². The number of carbonyl (C=O) groups excluding carboxylic acids is 2. The van der Waals surface area contributed by atoms with Gasteiger partial charge in [-0.25, -0.2) is 9.18 Å². The van der Waals surface area contributed by atoms with Crippen LogP contribution in [0.3, 0.4) is 0 Å². The maximum absolute atomic E-state index is 13.4. The summed E-state index contributed by atoms with van der Waals surface area (Å²) in [7, 11) is 1.65. The fraction of sp³-hybridized carbons (Fsp3) is 0.345. The smallest absolute Gasteiger partial charge is 0.410 e. The van der Waals surface area contributed by atoms with Crippen LogP contribution >= 0.6 is 0 Å². The second-order valence-corrected chi connectivity index (χ2v) is 9.97. The Morgan fingerprint density at radius 1 is 1.03 bits per heavy atom. The minimum absolute atomic E-state index is 0.0925. The van der Waals surface area contributed by atoms with E-state index < -0.39 is 23.6 Å². The fourth-order valence-corrected chi connectivity index (χ4v) is 3.76. The Bertz CT molecular complexity index is 1180. The Balaban J connectivity index is 1.63. The van der Waals surface area contributed by atoms with E-state index in [1.807, 2.05) is 42.5 Å². The van der Waals surface area contributed by atoms with E-state index in [0.29, 0.717) is 24.1 Å². The zero-order chi connectivity index (χ0) is 27.0. The molecule has 3 aromatic rings. The summed E-state index contributed by atoms with van der Waals surface area (Å²) in [6.07, 6.45) is 1.82. The van der Waals surface area contributed by atoms with Crippen LogP contribution in [0.1, 0.15) is 53.9 Å². The van der Waals surface area contributed by atoms with Crippen LogP contribution in [0.15, 0.2) is 73.1 Å². The van der Waals surface area contributed by atoms with Gasteiger partial charge in [-0.05, 0) is 62.1 Å². The van der Waals surface area contributed by atoms with Gasteiger partial charge in [0.15, 0.2) is 0 Å². The molecular formula is C29H34FN3O4. The van der Waals surface area contributed by atoms with E-state index in [-0.39, 0.29) is 19.0 Å². The standard InChI is InChI=1S/C29H34FN3O4/c1-29(2,3)37-28(36)33(20-26(34)23-8-6-5-7-9-23)15-14-21-10-12-24(13-11-21)27(35)32(4)19-22-16-25(30)18-31-17-22/h5-13,16-18,26,34H,14-15,19-20H2,1-4H3. The largest absolute Gasteiger partial charge is 0.444 e. The molecule has 0 aliphatic carbocycles. The minimum Gasteiger partial charge on any atom is -0.444 e. The van der Waals surface area contributed by atoms with E-state index in [2.05, 4.69) is 4.98 Å². The molecule has 37 heavy (non-hydrogen) atoms. The number of aliphatic hydroxyl groups is 1. The van der Waals surface area contributed by atoms with Gasteiger partial charge in [0.05, 0.1) is 18.8 Å². The maximum atomic E-state index is 13.4. The summed E-state index contributed by atoms with van der Waals surface area (Å²) in [6.45, 7) is 6.06. The van der Waals surface area contributed by atoms with Crippen molar-refractivity contribution in [3.8, 4) is 0 Å². The summed E-state index contributed by atoms with van der Waals surface area (Å²) >= 11 is 0. The molecule has 2 amide bonds. The number of aliphatic hydroxyl groups excluding tert-OH is 1.